The third kappa shape index (κ3) is 4.44. The van der Waals surface area contributed by atoms with Crippen molar-refractivity contribution in [3.05, 3.63) is 95.1 Å². The zero-order valence-electron chi connectivity index (χ0n) is 17.4. The zero-order chi connectivity index (χ0) is 21.8. The number of phenolic OH excluding ortho intramolecular Hbond substituents is 1. The Kier molecular flexibility index (Phi) is 6.00. The Morgan fingerprint density at radius 1 is 1.00 bits per heavy atom. The highest BCUT2D eigenvalue weighted by atomic mass is 16.5. The number of hydrogen-bond donors (Lipinski definition) is 2. The molecule has 0 saturated heterocycles. The molecule has 0 spiro atoms. The van der Waals surface area contributed by atoms with Crippen molar-refractivity contribution in [2.24, 2.45) is 4.99 Å². The molecule has 0 aliphatic carbocycles. The molecule has 0 bridgehead atoms. The van der Waals surface area contributed by atoms with Crippen LogP contribution < -0.4 is 10.1 Å². The quantitative estimate of drug-likeness (QED) is 0.602. The average molecular weight is 416 g/mol. The van der Waals surface area contributed by atoms with Crippen LogP contribution in [-0.4, -0.2) is 31.0 Å². The Morgan fingerprint density at radius 3 is 2.35 bits per heavy atom. The molecule has 3 aromatic carbocycles. The Morgan fingerprint density at radius 2 is 1.71 bits per heavy atom. The molecule has 0 fully saturated rings. The largest absolute Gasteiger partial charge is 0.508 e. The molecule has 31 heavy (non-hydrogen) atoms. The van der Waals surface area contributed by atoms with Gasteiger partial charge in [0.2, 0.25) is 0 Å². The monoisotopic (exact) mass is 416 g/mol. The van der Waals surface area contributed by atoms with Crippen LogP contribution in [0, 0.1) is 0 Å². The third-order valence-electron chi connectivity index (χ3n) is 5.42. The van der Waals surface area contributed by atoms with Crippen molar-refractivity contribution in [3.63, 3.8) is 0 Å². The number of methoxy groups -OCH3 is 2. The Bertz CT molecular complexity index is 1090. The molecule has 6 heteroatoms. The minimum absolute atomic E-state index is 0.124. The van der Waals surface area contributed by atoms with Crippen molar-refractivity contribution in [3.8, 4) is 11.5 Å². The predicted octanol–water partition coefficient (Wildman–Crippen LogP) is 4.41. The van der Waals surface area contributed by atoms with Crippen LogP contribution in [0.1, 0.15) is 45.7 Å². The number of ether oxygens (including phenoxy) is 2. The Labute approximate surface area is 181 Å². The molecule has 0 radical (unpaired) electrons. The minimum atomic E-state index is -0.377. The van der Waals surface area contributed by atoms with Gasteiger partial charge in [-0.2, -0.15) is 0 Å². The maximum atomic E-state index is 11.8. The summed E-state index contributed by atoms with van der Waals surface area (Å²) in [6.45, 7) is 0. The molecule has 158 valence electrons. The number of phenols is 1. The molecule has 1 aliphatic rings. The van der Waals surface area contributed by atoms with Gasteiger partial charge in [0.25, 0.3) is 0 Å². The van der Waals surface area contributed by atoms with Gasteiger partial charge >= 0.3 is 5.97 Å². The fourth-order valence-corrected chi connectivity index (χ4v) is 3.74. The average Bonchev–Trinajstić information content (AvgIpc) is 2.83. The fourth-order valence-electron chi connectivity index (χ4n) is 3.74. The number of para-hydroxylation sites is 1. The summed E-state index contributed by atoms with van der Waals surface area (Å²) in [5.74, 6) is 0.652. The molecule has 4 rings (SSSR count). The van der Waals surface area contributed by atoms with E-state index in [4.69, 9.17) is 14.5 Å². The van der Waals surface area contributed by atoms with Crippen molar-refractivity contribution in [2.45, 2.75) is 18.6 Å². The highest BCUT2D eigenvalue weighted by Gasteiger charge is 2.27. The maximum absolute atomic E-state index is 11.8. The predicted molar refractivity (Wildman–Crippen MR) is 119 cm³/mol. The summed E-state index contributed by atoms with van der Waals surface area (Å²) in [6.07, 6.45) is 0.294. The van der Waals surface area contributed by atoms with Gasteiger partial charge in [-0.05, 0) is 53.6 Å². The summed E-state index contributed by atoms with van der Waals surface area (Å²) in [5.41, 5.74) is 4.15. The van der Waals surface area contributed by atoms with E-state index in [1.807, 2.05) is 54.6 Å². The van der Waals surface area contributed by atoms with Crippen molar-refractivity contribution >= 4 is 11.7 Å². The number of aliphatic imine (C=N–C) groups is 1. The number of aromatic hydroxyl groups is 1. The second-order valence-electron chi connectivity index (χ2n) is 7.30. The van der Waals surface area contributed by atoms with Gasteiger partial charge in [0.15, 0.2) is 0 Å². The maximum Gasteiger partial charge on any atom is 0.337 e. The van der Waals surface area contributed by atoms with Gasteiger partial charge in [-0.1, -0.05) is 30.3 Å². The highest BCUT2D eigenvalue weighted by Crippen LogP contribution is 2.34. The van der Waals surface area contributed by atoms with Crippen LogP contribution in [0.25, 0.3) is 0 Å². The molecule has 2 atom stereocenters. The van der Waals surface area contributed by atoms with E-state index in [9.17, 15) is 9.90 Å². The van der Waals surface area contributed by atoms with Crippen LogP contribution in [0.5, 0.6) is 11.5 Å². The first-order valence-electron chi connectivity index (χ1n) is 10.0. The SMILES string of the molecule is COC(=O)c1ccc([C@@H]2N=C(c3ccc(OC)cc3)C[C@@H](c3ccccc3O)N2)cc1. The second-order valence-corrected chi connectivity index (χ2v) is 7.30. The molecule has 0 aromatic heterocycles. The third-order valence-corrected chi connectivity index (χ3v) is 5.42. The van der Waals surface area contributed by atoms with Gasteiger partial charge in [-0.15, -0.1) is 0 Å². The van der Waals surface area contributed by atoms with Gasteiger partial charge < -0.3 is 14.6 Å². The van der Waals surface area contributed by atoms with E-state index in [1.165, 1.54) is 7.11 Å². The van der Waals surface area contributed by atoms with E-state index < -0.39 is 0 Å². The molecule has 6 nitrogen and oxygen atoms in total. The topological polar surface area (TPSA) is 80.2 Å². The lowest BCUT2D eigenvalue weighted by Crippen LogP contribution is -2.33. The van der Waals surface area contributed by atoms with Gasteiger partial charge in [0, 0.05) is 23.7 Å². The first-order chi connectivity index (χ1) is 15.1. The standard InChI is InChI=1S/C25H24N2O4/c1-30-19-13-11-16(12-14-19)21-15-22(20-5-3-4-6-23(20)28)27-24(26-21)17-7-9-18(10-8-17)25(29)31-2/h3-14,22,24,27-28H,15H2,1-2H3/t22-,24+/m0/s1. The fraction of sp³-hybridized carbons (Fsp3) is 0.200. The molecule has 0 saturated carbocycles. The highest BCUT2D eigenvalue weighted by molar-refractivity contribution is 6.01. The molecule has 1 aliphatic heterocycles. The summed E-state index contributed by atoms with van der Waals surface area (Å²) in [7, 11) is 3.00. The van der Waals surface area contributed by atoms with Crippen LogP contribution in [0.4, 0.5) is 0 Å². The van der Waals surface area contributed by atoms with E-state index >= 15 is 0 Å². The van der Waals surface area contributed by atoms with Crippen LogP contribution in [0.2, 0.25) is 0 Å². The van der Waals surface area contributed by atoms with Crippen molar-refractivity contribution in [1.82, 2.24) is 5.32 Å². The molecular formula is C25H24N2O4. The van der Waals surface area contributed by atoms with E-state index in [1.54, 1.807) is 25.3 Å². The second kappa shape index (κ2) is 9.02. The number of hydrogen-bond acceptors (Lipinski definition) is 6. The lowest BCUT2D eigenvalue weighted by molar-refractivity contribution is 0.0600. The van der Waals surface area contributed by atoms with E-state index in [2.05, 4.69) is 5.32 Å². The van der Waals surface area contributed by atoms with Crippen LogP contribution in [0.3, 0.4) is 0 Å². The molecule has 3 aromatic rings. The van der Waals surface area contributed by atoms with Gasteiger partial charge in [0.05, 0.1) is 19.8 Å². The first kappa shape index (κ1) is 20.6. The molecular weight excluding hydrogens is 392 g/mol. The number of esters is 1. The summed E-state index contributed by atoms with van der Waals surface area (Å²) in [4.78, 5) is 16.7. The van der Waals surface area contributed by atoms with Gasteiger partial charge in [-0.25, -0.2) is 4.79 Å². The zero-order valence-corrected chi connectivity index (χ0v) is 17.4. The van der Waals surface area contributed by atoms with Crippen molar-refractivity contribution in [1.29, 1.82) is 0 Å². The Balaban J connectivity index is 1.71. The number of benzene rings is 3. The van der Waals surface area contributed by atoms with Crippen molar-refractivity contribution < 1.29 is 19.4 Å². The summed E-state index contributed by atoms with van der Waals surface area (Å²) < 4.78 is 10.1. The lowest BCUT2D eigenvalue weighted by atomic mass is 9.93. The number of rotatable bonds is 5. The lowest BCUT2D eigenvalue weighted by Gasteiger charge is -2.31. The van der Waals surface area contributed by atoms with E-state index in [-0.39, 0.29) is 23.9 Å². The number of carbonyl (C=O) groups excluding carboxylic acids is 1. The van der Waals surface area contributed by atoms with Gasteiger partial charge in [-0.3, -0.25) is 10.3 Å². The molecule has 0 unspecified atom stereocenters. The first-order valence-corrected chi connectivity index (χ1v) is 10.0. The van der Waals surface area contributed by atoms with Crippen LogP contribution in [0.15, 0.2) is 77.8 Å². The molecule has 1 heterocycles. The normalized spacial score (nSPS) is 18.2. The summed E-state index contributed by atoms with van der Waals surface area (Å²) >= 11 is 0. The minimum Gasteiger partial charge on any atom is -0.508 e. The summed E-state index contributed by atoms with van der Waals surface area (Å²) in [6, 6.07) is 22.2. The molecule has 0 amide bonds. The molecule has 2 N–H and O–H groups in total. The van der Waals surface area contributed by atoms with Gasteiger partial charge in [0.1, 0.15) is 17.7 Å². The van der Waals surface area contributed by atoms with Crippen LogP contribution >= 0.6 is 0 Å². The smallest absolute Gasteiger partial charge is 0.337 e. The van der Waals surface area contributed by atoms with Crippen molar-refractivity contribution in [2.75, 3.05) is 14.2 Å². The number of carbonyl (C=O) groups is 1. The Hall–Kier alpha value is -3.64. The van der Waals surface area contributed by atoms with E-state index in [0.717, 1.165) is 28.2 Å². The van der Waals surface area contributed by atoms with Crippen LogP contribution in [-0.2, 0) is 4.74 Å². The number of nitrogens with one attached hydrogen (secondary N) is 1. The van der Waals surface area contributed by atoms with E-state index in [0.29, 0.717) is 12.0 Å². The number of nitrogens with zero attached hydrogens (tertiary/aromatic N) is 1. The summed E-state index contributed by atoms with van der Waals surface area (Å²) in [5, 5.41) is 13.9.